The number of nitrogens with one attached hydrogen (secondary N) is 3. The highest BCUT2D eigenvalue weighted by Crippen LogP contribution is 2.34. The molecule has 11 heteroatoms. The van der Waals surface area contributed by atoms with Gasteiger partial charge in [-0.15, -0.1) is 0 Å². The molecule has 35 heavy (non-hydrogen) atoms. The highest BCUT2D eigenvalue weighted by atomic mass is 16.5. The number of aliphatic hydroxyl groups excluding tert-OH is 1. The van der Waals surface area contributed by atoms with E-state index in [1.165, 1.54) is 6.33 Å². The number of carbonyl (C=O) groups excluding carboxylic acids is 2. The van der Waals surface area contributed by atoms with Gasteiger partial charge in [-0.1, -0.05) is 6.07 Å². The molecule has 3 aliphatic heterocycles. The molecule has 0 unspecified atom stereocenters. The fourth-order valence-corrected chi connectivity index (χ4v) is 4.67. The van der Waals surface area contributed by atoms with E-state index in [0.717, 1.165) is 12.1 Å². The fraction of sp³-hybridized carbons (Fsp3) is 0.417. The van der Waals surface area contributed by atoms with E-state index >= 15 is 0 Å². The molecule has 0 aliphatic carbocycles. The number of carbonyl (C=O) groups is 2. The molecule has 5 rings (SSSR count). The van der Waals surface area contributed by atoms with Crippen LogP contribution in [0, 0.1) is 0 Å². The summed E-state index contributed by atoms with van der Waals surface area (Å²) in [4.78, 5) is 38.0. The highest BCUT2D eigenvalue weighted by molar-refractivity contribution is 6.32. The van der Waals surface area contributed by atoms with Crippen molar-refractivity contribution < 1.29 is 19.4 Å². The molecule has 3 aliphatic rings. The van der Waals surface area contributed by atoms with E-state index in [2.05, 4.69) is 25.9 Å². The third kappa shape index (κ3) is 4.91. The number of anilines is 3. The quantitative estimate of drug-likeness (QED) is 0.436. The molecule has 4 N–H and O–H groups in total. The van der Waals surface area contributed by atoms with Crippen molar-refractivity contribution in [2.24, 2.45) is 0 Å². The van der Waals surface area contributed by atoms with Gasteiger partial charge < -0.3 is 30.7 Å². The third-order valence-corrected chi connectivity index (χ3v) is 6.45. The van der Waals surface area contributed by atoms with Crippen LogP contribution < -0.4 is 20.7 Å². The average molecular weight is 480 g/mol. The van der Waals surface area contributed by atoms with E-state index in [-0.39, 0.29) is 17.9 Å². The Balaban J connectivity index is 1.43. The Labute approximate surface area is 203 Å². The molecule has 2 bridgehead atoms. The Morgan fingerprint density at radius 1 is 1.17 bits per heavy atom. The number of aromatic nitrogens is 2. The molecule has 0 saturated carbocycles. The minimum Gasteiger partial charge on any atom is -0.493 e. The Bertz CT molecular complexity index is 1150. The van der Waals surface area contributed by atoms with Gasteiger partial charge in [0, 0.05) is 51.2 Å². The third-order valence-electron chi connectivity index (χ3n) is 6.45. The molecule has 4 heterocycles. The van der Waals surface area contributed by atoms with E-state index in [4.69, 9.17) is 4.74 Å². The molecular formula is C24H29N7O4. The molecule has 2 aromatic rings. The summed E-state index contributed by atoms with van der Waals surface area (Å²) in [7, 11) is 1.76. The molecule has 2 amide bonds. The first-order chi connectivity index (χ1) is 17.0. The molecule has 184 valence electrons. The number of likely N-dealkylation sites (N-methyl/N-ethyl adjacent to an activating group) is 1. The molecule has 1 aromatic heterocycles. The van der Waals surface area contributed by atoms with Crippen molar-refractivity contribution in [3.8, 4) is 5.75 Å². The van der Waals surface area contributed by atoms with Crippen molar-refractivity contribution in [2.45, 2.75) is 25.0 Å². The second kappa shape index (κ2) is 9.88. The normalized spacial score (nSPS) is 24.9. The Hall–Kier alpha value is -3.70. The first kappa shape index (κ1) is 23.1. The van der Waals surface area contributed by atoms with Gasteiger partial charge in [0.25, 0.3) is 5.91 Å². The Kier molecular flexibility index (Phi) is 6.51. The van der Waals surface area contributed by atoms with Crippen LogP contribution in [0.2, 0.25) is 0 Å². The molecule has 2 atom stereocenters. The number of rotatable bonds is 0. The van der Waals surface area contributed by atoms with Crippen LogP contribution in [0.5, 0.6) is 5.75 Å². The van der Waals surface area contributed by atoms with Crippen LogP contribution in [0.4, 0.5) is 17.3 Å². The van der Waals surface area contributed by atoms with Gasteiger partial charge in [0.2, 0.25) is 5.91 Å². The number of ether oxygens (including phenoxy) is 1. The maximum absolute atomic E-state index is 13.1. The molecule has 0 radical (unpaired) electrons. The van der Waals surface area contributed by atoms with E-state index in [1.54, 1.807) is 18.1 Å². The van der Waals surface area contributed by atoms with Gasteiger partial charge >= 0.3 is 0 Å². The van der Waals surface area contributed by atoms with Crippen LogP contribution in [0.3, 0.4) is 0 Å². The predicted molar refractivity (Wildman–Crippen MR) is 131 cm³/mol. The SMILES string of the molecule is CN1CCNc2ncnc3c2/C(=C/Nc2cccc(c2)OCCCN2C[C@H](O)C[C@@H]2C1=O)C(=O)N3. The number of benzene rings is 1. The molecule has 11 nitrogen and oxygen atoms in total. The average Bonchev–Trinajstić information content (AvgIpc) is 3.38. The lowest BCUT2D eigenvalue weighted by molar-refractivity contribution is -0.134. The van der Waals surface area contributed by atoms with E-state index in [9.17, 15) is 14.7 Å². The molecule has 1 fully saturated rings. The van der Waals surface area contributed by atoms with Gasteiger partial charge in [-0.2, -0.15) is 0 Å². The van der Waals surface area contributed by atoms with Gasteiger partial charge in [0.15, 0.2) is 0 Å². The predicted octanol–water partition coefficient (Wildman–Crippen LogP) is 0.970. The van der Waals surface area contributed by atoms with Crippen molar-refractivity contribution in [2.75, 3.05) is 55.8 Å². The summed E-state index contributed by atoms with van der Waals surface area (Å²) in [5.74, 6) is 1.34. The van der Waals surface area contributed by atoms with E-state index < -0.39 is 6.10 Å². The van der Waals surface area contributed by atoms with Crippen molar-refractivity contribution in [3.05, 3.63) is 42.4 Å². The Morgan fingerprint density at radius 3 is 2.91 bits per heavy atom. The number of amides is 2. The van der Waals surface area contributed by atoms with Crippen LogP contribution >= 0.6 is 0 Å². The maximum Gasteiger partial charge on any atom is 0.259 e. The van der Waals surface area contributed by atoms with Gasteiger partial charge in [-0.25, -0.2) is 9.97 Å². The van der Waals surface area contributed by atoms with Crippen molar-refractivity contribution in [1.29, 1.82) is 0 Å². The van der Waals surface area contributed by atoms with Crippen LogP contribution in [0.1, 0.15) is 18.4 Å². The monoisotopic (exact) mass is 479 g/mol. The summed E-state index contributed by atoms with van der Waals surface area (Å²) in [6.07, 6.45) is 3.66. The molecule has 0 spiro atoms. The second-order valence-corrected chi connectivity index (χ2v) is 8.92. The van der Waals surface area contributed by atoms with Crippen LogP contribution in [-0.4, -0.2) is 88.7 Å². The summed E-state index contributed by atoms with van der Waals surface area (Å²) >= 11 is 0. The van der Waals surface area contributed by atoms with Gasteiger partial charge in [0.05, 0.1) is 29.9 Å². The number of aliphatic hydroxyl groups is 1. The summed E-state index contributed by atoms with van der Waals surface area (Å²) in [5.41, 5.74) is 1.76. The van der Waals surface area contributed by atoms with Crippen molar-refractivity contribution in [3.63, 3.8) is 0 Å². The summed E-state index contributed by atoms with van der Waals surface area (Å²) in [6.45, 7) is 2.49. The molecule has 1 aromatic carbocycles. The minimum absolute atomic E-state index is 0.0237. The topological polar surface area (TPSA) is 132 Å². The van der Waals surface area contributed by atoms with Crippen LogP contribution in [-0.2, 0) is 9.59 Å². The summed E-state index contributed by atoms with van der Waals surface area (Å²) in [5, 5.41) is 19.4. The van der Waals surface area contributed by atoms with Crippen LogP contribution in [0.25, 0.3) is 5.57 Å². The van der Waals surface area contributed by atoms with Crippen LogP contribution in [0.15, 0.2) is 36.8 Å². The zero-order valence-corrected chi connectivity index (χ0v) is 19.5. The van der Waals surface area contributed by atoms with Crippen molar-refractivity contribution >= 4 is 34.7 Å². The standard InChI is InChI=1S/C24H29N7O4/c1-30-8-6-25-21-20-18(23(33)29-22(20)28-14-27-21)12-26-15-4-2-5-17(10-15)35-9-3-7-31-13-16(32)11-19(31)24(30)34/h2,4-5,10,12,14,16,19,26,32H,3,6-9,11,13H2,1H3,(H2,25,27,28,29,33)/b18-12-/t16-,19-/m1/s1. The number of nitrogens with zero attached hydrogens (tertiary/aromatic N) is 4. The fourth-order valence-electron chi connectivity index (χ4n) is 4.67. The summed E-state index contributed by atoms with van der Waals surface area (Å²) in [6, 6.07) is 7.14. The molecule has 1 saturated heterocycles. The van der Waals surface area contributed by atoms with Crippen molar-refractivity contribution in [1.82, 2.24) is 19.8 Å². The second-order valence-electron chi connectivity index (χ2n) is 8.92. The number of fused-ring (bicyclic) bond motifs is 3. The first-order valence-electron chi connectivity index (χ1n) is 11.8. The highest BCUT2D eigenvalue weighted by Gasteiger charge is 2.37. The van der Waals surface area contributed by atoms with E-state index in [0.29, 0.717) is 67.7 Å². The maximum atomic E-state index is 13.1. The minimum atomic E-state index is -0.518. The summed E-state index contributed by atoms with van der Waals surface area (Å²) < 4.78 is 5.92. The van der Waals surface area contributed by atoms with Gasteiger partial charge in [0.1, 0.15) is 23.7 Å². The smallest absolute Gasteiger partial charge is 0.259 e. The lowest BCUT2D eigenvalue weighted by Crippen LogP contribution is -2.45. The lowest BCUT2D eigenvalue weighted by atomic mass is 10.1. The first-order valence-corrected chi connectivity index (χ1v) is 11.8. The number of hydrogen-bond donors (Lipinski definition) is 4. The largest absolute Gasteiger partial charge is 0.493 e. The van der Waals surface area contributed by atoms with E-state index in [1.807, 2.05) is 29.2 Å². The van der Waals surface area contributed by atoms with Gasteiger partial charge in [-0.05, 0) is 25.0 Å². The molecular weight excluding hydrogens is 450 g/mol. The Morgan fingerprint density at radius 2 is 2.03 bits per heavy atom. The number of hydrogen-bond acceptors (Lipinski definition) is 9. The zero-order chi connectivity index (χ0) is 24.4. The lowest BCUT2D eigenvalue weighted by Gasteiger charge is -2.27. The zero-order valence-electron chi connectivity index (χ0n) is 19.5. The van der Waals surface area contributed by atoms with Gasteiger partial charge in [-0.3, -0.25) is 14.5 Å².